The van der Waals surface area contributed by atoms with Gasteiger partial charge in [-0.3, -0.25) is 24.3 Å². The lowest BCUT2D eigenvalue weighted by Gasteiger charge is -2.31. The summed E-state index contributed by atoms with van der Waals surface area (Å²) in [5, 5.41) is 11.6. The summed E-state index contributed by atoms with van der Waals surface area (Å²) in [7, 11) is 1.55. The summed E-state index contributed by atoms with van der Waals surface area (Å²) in [6, 6.07) is 10.3. The number of unbranched alkanes of at least 4 members (excludes halogenated alkanes) is 3. The SMILES string of the molecule is COCCn1c(C(C)N(CCCCCCN)C(=O)c2ccc([N+](=O)[O-])cc2Cl)nc2ccccc2c1=O. The van der Waals surface area contributed by atoms with Crippen LogP contribution in [0.2, 0.25) is 5.02 Å². The molecule has 0 aliphatic heterocycles. The zero-order valence-electron chi connectivity index (χ0n) is 21.1. The van der Waals surface area contributed by atoms with Crippen LogP contribution in [0.5, 0.6) is 0 Å². The quantitative estimate of drug-likeness (QED) is 0.198. The number of carbonyl (C=O) groups is 1. The fraction of sp³-hybridized carbons (Fsp3) is 0.423. The number of ether oxygens (including phenoxy) is 1. The van der Waals surface area contributed by atoms with Crippen LogP contribution in [0.15, 0.2) is 47.3 Å². The third-order valence-electron chi connectivity index (χ3n) is 6.26. The summed E-state index contributed by atoms with van der Waals surface area (Å²) in [5.41, 5.74) is 5.87. The number of fused-ring (bicyclic) bond motifs is 1. The number of amides is 1. The molecule has 3 rings (SSSR count). The number of rotatable bonds is 13. The Morgan fingerprint density at radius 1 is 1.22 bits per heavy atom. The Bertz CT molecular complexity index is 1310. The highest BCUT2D eigenvalue weighted by Gasteiger charge is 2.28. The molecule has 0 aliphatic carbocycles. The number of methoxy groups -OCH3 is 1. The Morgan fingerprint density at radius 3 is 2.62 bits per heavy atom. The van der Waals surface area contributed by atoms with Crippen molar-refractivity contribution in [3.05, 3.63) is 79.3 Å². The molecule has 1 atom stereocenters. The standard InChI is InChI=1S/C26H32ClN5O5/c1-18(24-29-23-10-6-5-9-21(23)26(34)31(24)15-16-37-2)30(14-8-4-3-7-13-28)25(33)20-12-11-19(32(35)36)17-22(20)27/h5-6,9-12,17-18H,3-4,7-8,13-16,28H2,1-2H3. The van der Waals surface area contributed by atoms with E-state index in [0.29, 0.717) is 42.8 Å². The Labute approximate surface area is 220 Å². The maximum Gasteiger partial charge on any atom is 0.270 e. The summed E-state index contributed by atoms with van der Waals surface area (Å²) in [6.07, 6.45) is 3.39. The van der Waals surface area contributed by atoms with Gasteiger partial charge in [0.25, 0.3) is 17.2 Å². The number of nitrogens with zero attached hydrogens (tertiary/aromatic N) is 4. The summed E-state index contributed by atoms with van der Waals surface area (Å²) in [4.78, 5) is 44.1. The maximum absolute atomic E-state index is 13.8. The van der Waals surface area contributed by atoms with Crippen molar-refractivity contribution in [2.24, 2.45) is 5.73 Å². The first-order chi connectivity index (χ1) is 17.8. The minimum Gasteiger partial charge on any atom is -0.383 e. The van der Waals surface area contributed by atoms with Crippen molar-refractivity contribution in [3.63, 3.8) is 0 Å². The second-order valence-electron chi connectivity index (χ2n) is 8.74. The number of nitrogens with two attached hydrogens (primary N) is 1. The van der Waals surface area contributed by atoms with Gasteiger partial charge in [0.1, 0.15) is 5.82 Å². The highest BCUT2D eigenvalue weighted by molar-refractivity contribution is 6.34. The molecular weight excluding hydrogens is 498 g/mol. The van der Waals surface area contributed by atoms with Gasteiger partial charge < -0.3 is 15.4 Å². The monoisotopic (exact) mass is 529 g/mol. The van der Waals surface area contributed by atoms with Gasteiger partial charge in [-0.25, -0.2) is 4.98 Å². The molecule has 2 N–H and O–H groups in total. The van der Waals surface area contributed by atoms with E-state index in [-0.39, 0.29) is 28.4 Å². The molecule has 1 amide bonds. The normalized spacial score (nSPS) is 12.0. The molecule has 1 aromatic heterocycles. The lowest BCUT2D eigenvalue weighted by molar-refractivity contribution is -0.384. The van der Waals surface area contributed by atoms with E-state index in [1.54, 1.807) is 40.8 Å². The molecule has 37 heavy (non-hydrogen) atoms. The minimum absolute atomic E-state index is 0.0113. The fourth-order valence-electron chi connectivity index (χ4n) is 4.24. The molecule has 11 heteroatoms. The number of benzene rings is 2. The Hall–Kier alpha value is -3.34. The molecule has 0 bridgehead atoms. The third kappa shape index (κ3) is 6.71. The fourth-order valence-corrected chi connectivity index (χ4v) is 4.49. The predicted octanol–water partition coefficient (Wildman–Crippen LogP) is 4.33. The van der Waals surface area contributed by atoms with Crippen molar-refractivity contribution in [3.8, 4) is 0 Å². The Balaban J connectivity index is 2.06. The smallest absolute Gasteiger partial charge is 0.270 e. The molecule has 198 valence electrons. The Morgan fingerprint density at radius 2 is 1.95 bits per heavy atom. The molecular formula is C26H32ClN5O5. The highest BCUT2D eigenvalue weighted by Crippen LogP contribution is 2.28. The molecule has 0 saturated carbocycles. The average Bonchev–Trinajstić information content (AvgIpc) is 2.89. The van der Waals surface area contributed by atoms with Crippen molar-refractivity contribution in [2.45, 2.75) is 45.2 Å². The van der Waals surface area contributed by atoms with E-state index in [1.165, 1.54) is 18.2 Å². The molecule has 0 aliphatic rings. The number of hydrogen-bond acceptors (Lipinski definition) is 7. The number of carbonyl (C=O) groups excluding carboxylic acids is 1. The van der Waals surface area contributed by atoms with Crippen molar-refractivity contribution in [1.82, 2.24) is 14.5 Å². The maximum atomic E-state index is 13.8. The molecule has 1 heterocycles. The van der Waals surface area contributed by atoms with E-state index in [9.17, 15) is 19.7 Å². The second kappa shape index (κ2) is 13.3. The molecule has 1 unspecified atom stereocenters. The van der Waals surface area contributed by atoms with Gasteiger partial charge in [0.15, 0.2) is 0 Å². The van der Waals surface area contributed by atoms with Crippen molar-refractivity contribution < 1.29 is 14.5 Å². The number of nitro benzene ring substituents is 1. The van der Waals surface area contributed by atoms with Crippen LogP contribution in [-0.4, -0.2) is 52.1 Å². The van der Waals surface area contributed by atoms with E-state index in [4.69, 9.17) is 27.1 Å². The topological polar surface area (TPSA) is 134 Å². The van der Waals surface area contributed by atoms with Crippen molar-refractivity contribution >= 4 is 34.1 Å². The van der Waals surface area contributed by atoms with Crippen LogP contribution in [0.1, 0.15) is 54.8 Å². The number of nitro groups is 1. The van der Waals surface area contributed by atoms with Crippen LogP contribution in [0.3, 0.4) is 0 Å². The van der Waals surface area contributed by atoms with Crippen LogP contribution in [0.25, 0.3) is 10.9 Å². The average molecular weight is 530 g/mol. The van der Waals surface area contributed by atoms with Gasteiger partial charge in [0, 0.05) is 25.8 Å². The first-order valence-corrected chi connectivity index (χ1v) is 12.6. The zero-order valence-corrected chi connectivity index (χ0v) is 21.8. The number of halogens is 1. The number of hydrogen-bond donors (Lipinski definition) is 1. The van der Waals surface area contributed by atoms with Crippen molar-refractivity contribution in [1.29, 1.82) is 0 Å². The van der Waals surface area contributed by atoms with Gasteiger partial charge in [-0.1, -0.05) is 36.6 Å². The third-order valence-corrected chi connectivity index (χ3v) is 6.57. The van der Waals surface area contributed by atoms with Gasteiger partial charge in [0.2, 0.25) is 0 Å². The highest BCUT2D eigenvalue weighted by atomic mass is 35.5. The number of aromatic nitrogens is 2. The summed E-state index contributed by atoms with van der Waals surface area (Å²) < 4.78 is 6.77. The molecule has 0 radical (unpaired) electrons. The number of non-ortho nitro benzene ring substituents is 1. The van der Waals surface area contributed by atoms with Gasteiger partial charge in [-0.2, -0.15) is 0 Å². The molecule has 2 aromatic carbocycles. The first kappa shape index (κ1) is 28.2. The lowest BCUT2D eigenvalue weighted by atomic mass is 10.1. The summed E-state index contributed by atoms with van der Waals surface area (Å²) >= 11 is 6.32. The van der Waals surface area contributed by atoms with Crippen LogP contribution >= 0.6 is 11.6 Å². The van der Waals surface area contributed by atoms with E-state index in [1.807, 2.05) is 6.92 Å². The van der Waals surface area contributed by atoms with Crippen LogP contribution in [0.4, 0.5) is 5.69 Å². The van der Waals surface area contributed by atoms with E-state index in [2.05, 4.69) is 0 Å². The lowest BCUT2D eigenvalue weighted by Crippen LogP contribution is -2.39. The number of para-hydroxylation sites is 1. The Kier molecular flexibility index (Phi) is 10.1. The molecule has 0 spiro atoms. The summed E-state index contributed by atoms with van der Waals surface area (Å²) in [5.74, 6) is 0.0287. The van der Waals surface area contributed by atoms with Crippen LogP contribution < -0.4 is 11.3 Å². The largest absolute Gasteiger partial charge is 0.383 e. The predicted molar refractivity (Wildman–Crippen MR) is 143 cm³/mol. The second-order valence-corrected chi connectivity index (χ2v) is 9.14. The summed E-state index contributed by atoms with van der Waals surface area (Å²) in [6.45, 7) is 3.36. The molecule has 0 fully saturated rings. The van der Waals surface area contributed by atoms with Crippen LogP contribution in [-0.2, 0) is 11.3 Å². The van der Waals surface area contributed by atoms with Crippen molar-refractivity contribution in [2.75, 3.05) is 26.8 Å². The minimum atomic E-state index is -0.595. The first-order valence-electron chi connectivity index (χ1n) is 12.2. The van der Waals surface area contributed by atoms with Gasteiger partial charge in [-0.05, 0) is 44.5 Å². The molecule has 10 nitrogen and oxygen atoms in total. The van der Waals surface area contributed by atoms with E-state index >= 15 is 0 Å². The van der Waals surface area contributed by atoms with E-state index in [0.717, 1.165) is 19.3 Å². The molecule has 3 aromatic rings. The van der Waals surface area contributed by atoms with E-state index < -0.39 is 16.9 Å². The molecule has 0 saturated heterocycles. The van der Waals surface area contributed by atoms with Crippen LogP contribution in [0, 0.1) is 10.1 Å². The van der Waals surface area contributed by atoms with Gasteiger partial charge >= 0.3 is 0 Å². The zero-order chi connectivity index (χ0) is 26.9. The van der Waals surface area contributed by atoms with Gasteiger partial charge in [-0.15, -0.1) is 0 Å². The van der Waals surface area contributed by atoms with Gasteiger partial charge in [0.05, 0.1) is 45.6 Å².